The Kier molecular flexibility index (Phi) is 3.35. The second kappa shape index (κ2) is 4.63. The average molecular weight is 295 g/mol. The predicted octanol–water partition coefficient (Wildman–Crippen LogP) is 3.30. The summed E-state index contributed by atoms with van der Waals surface area (Å²) < 4.78 is 2.99. The van der Waals surface area contributed by atoms with E-state index in [0.717, 1.165) is 27.1 Å². The molecule has 0 aliphatic heterocycles. The summed E-state index contributed by atoms with van der Waals surface area (Å²) >= 11 is 3.46. The standard InChI is InChI=1S/C13H15BrN2O/c1-8-9(2)16(7-15-8)13-6-11(14)4-5-12(13)10(3)17/h4-7,10,17H,1-3H3. The number of halogens is 1. The van der Waals surface area contributed by atoms with E-state index >= 15 is 0 Å². The Morgan fingerprint density at radius 2 is 2.06 bits per heavy atom. The maximum atomic E-state index is 9.81. The van der Waals surface area contributed by atoms with Crippen molar-refractivity contribution in [1.82, 2.24) is 9.55 Å². The number of aryl methyl sites for hydroxylation is 1. The van der Waals surface area contributed by atoms with Crippen molar-refractivity contribution in [2.24, 2.45) is 0 Å². The molecule has 2 rings (SSSR count). The Morgan fingerprint density at radius 3 is 2.59 bits per heavy atom. The molecule has 4 heteroatoms. The molecule has 90 valence electrons. The Labute approximate surface area is 109 Å². The van der Waals surface area contributed by atoms with E-state index in [-0.39, 0.29) is 0 Å². The largest absolute Gasteiger partial charge is 0.389 e. The van der Waals surface area contributed by atoms with Crippen molar-refractivity contribution in [2.75, 3.05) is 0 Å². The minimum absolute atomic E-state index is 0.500. The van der Waals surface area contributed by atoms with Crippen LogP contribution in [0.2, 0.25) is 0 Å². The molecule has 0 aliphatic rings. The summed E-state index contributed by atoms with van der Waals surface area (Å²) in [5.41, 5.74) is 3.95. The van der Waals surface area contributed by atoms with Gasteiger partial charge >= 0.3 is 0 Å². The molecule has 1 aromatic heterocycles. The lowest BCUT2D eigenvalue weighted by Crippen LogP contribution is -2.03. The van der Waals surface area contributed by atoms with E-state index in [2.05, 4.69) is 20.9 Å². The molecular formula is C13H15BrN2O. The molecule has 0 saturated carbocycles. The highest BCUT2D eigenvalue weighted by atomic mass is 79.9. The summed E-state index contributed by atoms with van der Waals surface area (Å²) in [6.07, 6.45) is 1.29. The third-order valence-corrected chi connectivity index (χ3v) is 3.45. The normalized spacial score (nSPS) is 12.8. The van der Waals surface area contributed by atoms with Crippen LogP contribution in [0.3, 0.4) is 0 Å². The van der Waals surface area contributed by atoms with Gasteiger partial charge < -0.3 is 9.67 Å². The van der Waals surface area contributed by atoms with Crippen molar-refractivity contribution in [3.63, 3.8) is 0 Å². The number of aliphatic hydroxyl groups is 1. The minimum Gasteiger partial charge on any atom is -0.389 e. The SMILES string of the molecule is Cc1ncn(-c2cc(Br)ccc2C(C)O)c1C. The molecule has 0 amide bonds. The second-order valence-corrected chi connectivity index (χ2v) is 5.08. The molecule has 3 nitrogen and oxygen atoms in total. The van der Waals surface area contributed by atoms with Crippen LogP contribution in [0.1, 0.15) is 30.0 Å². The van der Waals surface area contributed by atoms with Gasteiger partial charge in [-0.3, -0.25) is 0 Å². The molecule has 1 aromatic carbocycles. The first-order valence-corrected chi connectivity index (χ1v) is 6.28. The minimum atomic E-state index is -0.500. The number of imidazole rings is 1. The summed E-state index contributed by atoms with van der Waals surface area (Å²) in [5, 5.41) is 9.81. The monoisotopic (exact) mass is 294 g/mol. The van der Waals surface area contributed by atoms with Crippen LogP contribution in [-0.4, -0.2) is 14.7 Å². The second-order valence-electron chi connectivity index (χ2n) is 4.16. The van der Waals surface area contributed by atoms with Crippen molar-refractivity contribution in [2.45, 2.75) is 26.9 Å². The van der Waals surface area contributed by atoms with Gasteiger partial charge in [0.1, 0.15) is 0 Å². The zero-order valence-corrected chi connectivity index (χ0v) is 11.7. The third-order valence-electron chi connectivity index (χ3n) is 2.95. The smallest absolute Gasteiger partial charge is 0.0997 e. The van der Waals surface area contributed by atoms with Crippen molar-refractivity contribution in [1.29, 1.82) is 0 Å². The summed E-state index contributed by atoms with van der Waals surface area (Å²) in [4.78, 5) is 4.29. The number of benzene rings is 1. The molecule has 0 radical (unpaired) electrons. The Hall–Kier alpha value is -1.13. The predicted molar refractivity (Wildman–Crippen MR) is 71.4 cm³/mol. The van der Waals surface area contributed by atoms with Crippen molar-refractivity contribution in [3.8, 4) is 5.69 Å². The van der Waals surface area contributed by atoms with Gasteiger partial charge in [-0.25, -0.2) is 4.98 Å². The lowest BCUT2D eigenvalue weighted by molar-refractivity contribution is 0.199. The van der Waals surface area contributed by atoms with Gasteiger partial charge in [0.15, 0.2) is 0 Å². The molecule has 0 bridgehead atoms. The van der Waals surface area contributed by atoms with Crippen LogP contribution in [0.15, 0.2) is 29.0 Å². The third kappa shape index (κ3) is 2.28. The van der Waals surface area contributed by atoms with Gasteiger partial charge in [0.25, 0.3) is 0 Å². The summed E-state index contributed by atoms with van der Waals surface area (Å²) in [6.45, 7) is 5.77. The number of hydrogen-bond acceptors (Lipinski definition) is 2. The highest BCUT2D eigenvalue weighted by molar-refractivity contribution is 9.10. The Bertz CT molecular complexity index is 546. The lowest BCUT2D eigenvalue weighted by Gasteiger charge is -2.14. The number of aliphatic hydroxyl groups excluding tert-OH is 1. The van der Waals surface area contributed by atoms with Crippen LogP contribution in [0.25, 0.3) is 5.69 Å². The molecule has 1 heterocycles. The molecule has 0 spiro atoms. The molecule has 2 aromatic rings. The van der Waals surface area contributed by atoms with Gasteiger partial charge in [0.05, 0.1) is 23.8 Å². The molecule has 0 aliphatic carbocycles. The van der Waals surface area contributed by atoms with Gasteiger partial charge in [0.2, 0.25) is 0 Å². The number of aromatic nitrogens is 2. The van der Waals surface area contributed by atoms with E-state index in [1.54, 1.807) is 13.3 Å². The number of rotatable bonds is 2. The van der Waals surface area contributed by atoms with Crippen molar-refractivity contribution in [3.05, 3.63) is 46.0 Å². The molecule has 0 saturated heterocycles. The fraction of sp³-hybridized carbons (Fsp3) is 0.308. The summed E-state index contributed by atoms with van der Waals surface area (Å²) in [5.74, 6) is 0. The van der Waals surface area contributed by atoms with E-state index in [1.807, 2.05) is 36.6 Å². The average Bonchev–Trinajstić information content (AvgIpc) is 2.59. The fourth-order valence-corrected chi connectivity index (χ4v) is 2.17. The molecule has 1 N–H and O–H groups in total. The summed E-state index contributed by atoms with van der Waals surface area (Å²) in [6, 6.07) is 5.86. The fourth-order valence-electron chi connectivity index (χ4n) is 1.82. The van der Waals surface area contributed by atoms with Gasteiger partial charge in [0, 0.05) is 15.7 Å². The van der Waals surface area contributed by atoms with E-state index < -0.39 is 6.10 Å². The number of hydrogen-bond donors (Lipinski definition) is 1. The van der Waals surface area contributed by atoms with E-state index in [9.17, 15) is 5.11 Å². The maximum Gasteiger partial charge on any atom is 0.0997 e. The maximum absolute atomic E-state index is 9.81. The van der Waals surface area contributed by atoms with Gasteiger partial charge in [-0.05, 0) is 32.9 Å². The lowest BCUT2D eigenvalue weighted by atomic mass is 10.1. The zero-order valence-electron chi connectivity index (χ0n) is 10.1. The molecular weight excluding hydrogens is 280 g/mol. The Balaban J connectivity index is 2.65. The molecule has 0 fully saturated rings. The van der Waals surface area contributed by atoms with E-state index in [4.69, 9.17) is 0 Å². The first-order valence-electron chi connectivity index (χ1n) is 5.49. The van der Waals surface area contributed by atoms with Gasteiger partial charge in [-0.2, -0.15) is 0 Å². The molecule has 1 atom stereocenters. The van der Waals surface area contributed by atoms with Crippen LogP contribution in [0.4, 0.5) is 0 Å². The first kappa shape index (κ1) is 12.3. The highest BCUT2D eigenvalue weighted by Gasteiger charge is 2.12. The van der Waals surface area contributed by atoms with Gasteiger partial charge in [-0.1, -0.05) is 22.0 Å². The van der Waals surface area contributed by atoms with Crippen LogP contribution < -0.4 is 0 Å². The molecule has 17 heavy (non-hydrogen) atoms. The quantitative estimate of drug-likeness (QED) is 0.923. The zero-order chi connectivity index (χ0) is 12.6. The van der Waals surface area contributed by atoms with Crippen LogP contribution in [0, 0.1) is 13.8 Å². The van der Waals surface area contributed by atoms with E-state index in [0.29, 0.717) is 0 Å². The van der Waals surface area contributed by atoms with E-state index in [1.165, 1.54) is 0 Å². The first-order chi connectivity index (χ1) is 8.00. The topological polar surface area (TPSA) is 38.0 Å². The van der Waals surface area contributed by atoms with Gasteiger partial charge in [-0.15, -0.1) is 0 Å². The van der Waals surface area contributed by atoms with Crippen LogP contribution in [0.5, 0.6) is 0 Å². The van der Waals surface area contributed by atoms with Crippen LogP contribution >= 0.6 is 15.9 Å². The molecule has 1 unspecified atom stereocenters. The van der Waals surface area contributed by atoms with Crippen LogP contribution in [-0.2, 0) is 0 Å². The van der Waals surface area contributed by atoms with Crippen molar-refractivity contribution >= 4 is 15.9 Å². The van der Waals surface area contributed by atoms with Crippen molar-refractivity contribution < 1.29 is 5.11 Å². The summed E-state index contributed by atoms with van der Waals surface area (Å²) in [7, 11) is 0. The number of nitrogens with zero attached hydrogens (tertiary/aromatic N) is 2. The highest BCUT2D eigenvalue weighted by Crippen LogP contribution is 2.26. The Morgan fingerprint density at radius 1 is 1.35 bits per heavy atom.